The minimum Gasteiger partial charge on any atom is -0.493 e. The molecule has 6 heterocycles. The predicted octanol–water partition coefficient (Wildman–Crippen LogP) is 7.60. The molecule has 3 atom stereocenters. The molecule has 4 aromatic carbocycles. The molecule has 3 aromatic heterocycles. The molecular formula is C57H62N10O8S. The Morgan fingerprint density at radius 2 is 1.64 bits per heavy atom. The van der Waals surface area contributed by atoms with E-state index in [2.05, 4.69) is 20.3 Å². The minimum absolute atomic E-state index is 0.00789. The number of aliphatic hydroxyl groups is 1. The van der Waals surface area contributed by atoms with Gasteiger partial charge in [-0.25, -0.2) is 19.6 Å². The van der Waals surface area contributed by atoms with E-state index in [9.17, 15) is 24.3 Å². The average Bonchev–Trinajstić information content (AvgIpc) is 4.24. The van der Waals surface area contributed by atoms with Gasteiger partial charge in [-0.2, -0.15) is 5.10 Å². The number of rotatable bonds is 19. The van der Waals surface area contributed by atoms with Crippen LogP contribution in [-0.4, -0.2) is 126 Å². The van der Waals surface area contributed by atoms with Crippen molar-refractivity contribution in [2.75, 3.05) is 45.2 Å². The highest BCUT2D eigenvalue weighted by atomic mass is 32.1. The van der Waals surface area contributed by atoms with E-state index in [4.69, 9.17) is 25.0 Å². The number of hydrogen-bond donors (Lipinski definition) is 3. The van der Waals surface area contributed by atoms with E-state index in [1.807, 2.05) is 115 Å². The van der Waals surface area contributed by atoms with E-state index in [1.54, 1.807) is 22.5 Å². The number of aliphatic hydroxyl groups excluding tert-OH is 1. The molecule has 394 valence electrons. The van der Waals surface area contributed by atoms with Crippen LogP contribution in [-0.2, 0) is 32.2 Å². The van der Waals surface area contributed by atoms with Crippen LogP contribution < -0.4 is 20.5 Å². The SMILES string of the molecule is Cc1ncsc1-c1ccc(CNC(=O)C2CC(O)CN2C(=O)C(C(C)C)N2Cc3ccccc3C2=O)c(OCCCOCCC(=O)N2CCC(n3nc(-c4ccc(Oc5ccccc5)cc4)c4c(N)ncnc43)CC2)c1. The molecule has 0 bridgehead atoms. The summed E-state index contributed by atoms with van der Waals surface area (Å²) >= 11 is 1.53. The van der Waals surface area contributed by atoms with Gasteiger partial charge in [-0.3, -0.25) is 19.2 Å². The van der Waals surface area contributed by atoms with Crippen LogP contribution in [0.3, 0.4) is 0 Å². The van der Waals surface area contributed by atoms with Crippen molar-refractivity contribution >= 4 is 51.8 Å². The molecule has 3 aliphatic heterocycles. The van der Waals surface area contributed by atoms with E-state index in [1.165, 1.54) is 22.6 Å². The molecular weight excluding hydrogens is 985 g/mol. The normalized spacial score (nSPS) is 17.1. The van der Waals surface area contributed by atoms with E-state index in [-0.39, 0.29) is 62.2 Å². The quantitative estimate of drug-likeness (QED) is 0.0666. The lowest BCUT2D eigenvalue weighted by Crippen LogP contribution is -2.55. The van der Waals surface area contributed by atoms with Gasteiger partial charge in [0.2, 0.25) is 17.7 Å². The zero-order chi connectivity index (χ0) is 52.9. The van der Waals surface area contributed by atoms with Crippen molar-refractivity contribution in [3.8, 4) is 38.9 Å². The number of carbonyl (C=O) groups excluding carboxylic acids is 4. The van der Waals surface area contributed by atoms with Crippen molar-refractivity contribution in [2.45, 2.75) is 90.2 Å². The topological polar surface area (TPSA) is 220 Å². The molecule has 76 heavy (non-hydrogen) atoms. The Labute approximate surface area is 444 Å². The Kier molecular flexibility index (Phi) is 15.7. The minimum atomic E-state index is -0.923. The van der Waals surface area contributed by atoms with Gasteiger partial charge in [-0.1, -0.05) is 62.4 Å². The number of likely N-dealkylation sites (tertiary alicyclic amines) is 2. The Morgan fingerprint density at radius 3 is 2.39 bits per heavy atom. The molecule has 0 radical (unpaired) electrons. The molecule has 4 amide bonds. The molecule has 2 fully saturated rings. The van der Waals surface area contributed by atoms with Crippen LogP contribution in [0.25, 0.3) is 32.7 Å². The van der Waals surface area contributed by atoms with Gasteiger partial charge in [0.1, 0.15) is 47.2 Å². The lowest BCUT2D eigenvalue weighted by atomic mass is 10.0. The summed E-state index contributed by atoms with van der Waals surface area (Å²) in [5.74, 6) is 1.18. The number of fused-ring (bicyclic) bond motifs is 2. The summed E-state index contributed by atoms with van der Waals surface area (Å²) in [5, 5.41) is 19.5. The highest BCUT2D eigenvalue weighted by Gasteiger charge is 2.46. The van der Waals surface area contributed by atoms with Crippen LogP contribution >= 0.6 is 11.3 Å². The molecule has 2 saturated heterocycles. The number of aromatic nitrogens is 5. The van der Waals surface area contributed by atoms with Crippen LogP contribution in [0.1, 0.15) is 79.2 Å². The number of anilines is 1. The number of nitrogens with two attached hydrogens (primary N) is 1. The smallest absolute Gasteiger partial charge is 0.255 e. The van der Waals surface area contributed by atoms with Gasteiger partial charge < -0.3 is 45.1 Å². The first kappa shape index (κ1) is 51.7. The third kappa shape index (κ3) is 11.1. The number of β-amino-alcohol motifs (C(OH)–C–C–N with tert-alkyl or cyclic N) is 1. The number of amides is 4. The molecule has 0 spiro atoms. The lowest BCUT2D eigenvalue weighted by molar-refractivity contribution is -0.143. The number of nitrogen functional groups attached to an aromatic ring is 1. The first-order valence-electron chi connectivity index (χ1n) is 25.9. The third-order valence-electron chi connectivity index (χ3n) is 14.4. The number of nitrogens with zero attached hydrogens (tertiary/aromatic N) is 8. The monoisotopic (exact) mass is 1050 g/mol. The standard InChI is InChI=1S/C57H62N10O8S/c1-35(2)51(66-31-40-10-7-8-13-45(40)56(66)71)57(72)65-32-42(68)29-46(65)55(70)59-30-39-15-14-38(52-36(3)62-34-76-52)28-47(39)74-26-9-25-73-27-22-48(69)64-23-20-41(21-24-64)67-54-49(53(58)60-33-61-54)50(63-67)37-16-18-44(19-17-37)75-43-11-5-4-6-12-43/h4-8,10-19,28,33-35,41-42,46,51,68H,9,20-27,29-32H2,1-3H3,(H,59,70)(H2,58,60,61). The summed E-state index contributed by atoms with van der Waals surface area (Å²) in [4.78, 5) is 74.3. The Hall–Kier alpha value is -7.74. The van der Waals surface area contributed by atoms with Gasteiger partial charge in [0.25, 0.3) is 5.91 Å². The first-order chi connectivity index (χ1) is 36.9. The highest BCUT2D eigenvalue weighted by Crippen LogP contribution is 2.37. The zero-order valence-corrected chi connectivity index (χ0v) is 43.7. The first-order valence-corrected chi connectivity index (χ1v) is 26.8. The van der Waals surface area contributed by atoms with Crippen LogP contribution in [0.2, 0.25) is 0 Å². The number of nitrogens with one attached hydrogen (secondary N) is 1. The van der Waals surface area contributed by atoms with Crippen LogP contribution in [0.5, 0.6) is 17.2 Å². The molecule has 4 N–H and O–H groups in total. The molecule has 19 heteroatoms. The summed E-state index contributed by atoms with van der Waals surface area (Å²) in [5.41, 5.74) is 14.4. The second-order valence-corrected chi connectivity index (χ2v) is 20.7. The van der Waals surface area contributed by atoms with Gasteiger partial charge in [0.15, 0.2) is 5.65 Å². The number of hydrogen-bond acceptors (Lipinski definition) is 14. The molecule has 0 saturated carbocycles. The van der Waals surface area contributed by atoms with E-state index in [0.717, 1.165) is 38.6 Å². The Bertz CT molecular complexity index is 3210. The van der Waals surface area contributed by atoms with Crippen molar-refractivity contribution in [3.05, 3.63) is 131 Å². The number of aryl methyl sites for hydroxylation is 1. The molecule has 18 nitrogen and oxygen atoms in total. The number of piperidine rings is 1. The number of thiazole rings is 1. The molecule has 3 unspecified atom stereocenters. The van der Waals surface area contributed by atoms with Crippen molar-refractivity contribution in [2.24, 2.45) is 5.92 Å². The fourth-order valence-electron chi connectivity index (χ4n) is 10.5. The van der Waals surface area contributed by atoms with E-state index >= 15 is 0 Å². The average molecular weight is 1050 g/mol. The van der Waals surface area contributed by atoms with Gasteiger partial charge in [0, 0.05) is 68.9 Å². The summed E-state index contributed by atoms with van der Waals surface area (Å²) in [7, 11) is 0. The van der Waals surface area contributed by atoms with Crippen molar-refractivity contribution in [1.82, 2.24) is 44.7 Å². The Balaban J connectivity index is 0.704. The van der Waals surface area contributed by atoms with Crippen LogP contribution in [0.15, 0.2) is 109 Å². The molecule has 3 aliphatic rings. The third-order valence-corrected chi connectivity index (χ3v) is 15.4. The largest absolute Gasteiger partial charge is 0.493 e. The summed E-state index contributed by atoms with van der Waals surface area (Å²) in [6.45, 7) is 8.21. The number of ether oxygens (including phenoxy) is 3. The maximum Gasteiger partial charge on any atom is 0.255 e. The van der Waals surface area contributed by atoms with Crippen molar-refractivity contribution in [3.63, 3.8) is 0 Å². The predicted molar refractivity (Wildman–Crippen MR) is 287 cm³/mol. The fourth-order valence-corrected chi connectivity index (χ4v) is 11.3. The van der Waals surface area contributed by atoms with E-state index in [0.29, 0.717) is 91.7 Å². The molecule has 0 aliphatic carbocycles. The maximum atomic E-state index is 14.3. The van der Waals surface area contributed by atoms with Gasteiger partial charge in [-0.05, 0) is 85.3 Å². The van der Waals surface area contributed by atoms with Gasteiger partial charge in [0.05, 0.1) is 53.2 Å². The Morgan fingerprint density at radius 1 is 0.895 bits per heavy atom. The number of benzene rings is 4. The highest BCUT2D eigenvalue weighted by molar-refractivity contribution is 7.13. The fraction of sp³-hybridized carbons (Fsp3) is 0.368. The lowest BCUT2D eigenvalue weighted by Gasteiger charge is -2.35. The second kappa shape index (κ2) is 23.0. The molecule has 7 aromatic rings. The van der Waals surface area contributed by atoms with Gasteiger partial charge in [-0.15, -0.1) is 11.3 Å². The summed E-state index contributed by atoms with van der Waals surface area (Å²) in [6, 6.07) is 28.7. The maximum absolute atomic E-state index is 14.3. The van der Waals surface area contributed by atoms with Crippen LogP contribution in [0, 0.1) is 12.8 Å². The summed E-state index contributed by atoms with van der Waals surface area (Å²) in [6.07, 6.45) is 2.83. The van der Waals surface area contributed by atoms with Crippen molar-refractivity contribution < 1.29 is 38.5 Å². The van der Waals surface area contributed by atoms with E-state index < -0.39 is 24.1 Å². The number of carbonyl (C=O) groups is 4. The van der Waals surface area contributed by atoms with Crippen molar-refractivity contribution in [1.29, 1.82) is 0 Å². The van der Waals surface area contributed by atoms with Gasteiger partial charge >= 0.3 is 0 Å². The number of para-hydroxylation sites is 1. The summed E-state index contributed by atoms with van der Waals surface area (Å²) < 4.78 is 20.2. The zero-order valence-electron chi connectivity index (χ0n) is 42.8. The molecule has 10 rings (SSSR count). The van der Waals surface area contributed by atoms with Crippen LogP contribution in [0.4, 0.5) is 5.82 Å². The second-order valence-electron chi connectivity index (χ2n) is 19.8.